The second kappa shape index (κ2) is 9.52. The van der Waals surface area contributed by atoms with Gasteiger partial charge in [0.15, 0.2) is 0 Å². The molecule has 1 saturated heterocycles. The lowest BCUT2D eigenvalue weighted by atomic mass is 9.85. The van der Waals surface area contributed by atoms with Gasteiger partial charge in [0.1, 0.15) is 18.2 Å². The summed E-state index contributed by atoms with van der Waals surface area (Å²) in [5.41, 5.74) is 1.73. The Kier molecular flexibility index (Phi) is 7.07. The Morgan fingerprint density at radius 3 is 2.64 bits per heavy atom. The molecule has 154 valence electrons. The van der Waals surface area contributed by atoms with Gasteiger partial charge in [0.25, 0.3) is 11.8 Å². The van der Waals surface area contributed by atoms with Crippen LogP contribution >= 0.6 is 11.3 Å². The molecule has 2 heterocycles. The lowest BCUT2D eigenvalue weighted by molar-refractivity contribution is -0.143. The number of hydrogen-bond acceptors (Lipinski definition) is 5. The van der Waals surface area contributed by atoms with Gasteiger partial charge in [0.2, 0.25) is 0 Å². The van der Waals surface area contributed by atoms with Gasteiger partial charge in [-0.15, -0.1) is 11.3 Å². The number of nitrogens with one attached hydrogen (secondary N) is 1. The van der Waals surface area contributed by atoms with Crippen LogP contribution in [0.25, 0.3) is 0 Å². The van der Waals surface area contributed by atoms with E-state index in [2.05, 4.69) is 12.2 Å². The predicted molar refractivity (Wildman–Crippen MR) is 107 cm³/mol. The highest BCUT2D eigenvalue weighted by atomic mass is 32.1. The third-order valence-corrected chi connectivity index (χ3v) is 6.68. The van der Waals surface area contributed by atoms with Crippen molar-refractivity contribution >= 4 is 34.1 Å². The fourth-order valence-electron chi connectivity index (χ4n) is 3.97. The molecule has 2 N–H and O–H groups in total. The summed E-state index contributed by atoms with van der Waals surface area (Å²) in [6, 6.07) is 0. The number of ether oxygens (including phenoxy) is 1. The molecule has 2 amide bonds. The number of carboxylic acids is 1. The Morgan fingerprint density at radius 1 is 1.21 bits per heavy atom. The van der Waals surface area contributed by atoms with Crippen LogP contribution in [-0.2, 0) is 27.2 Å². The maximum Gasteiger partial charge on any atom is 0.329 e. The van der Waals surface area contributed by atoms with Crippen molar-refractivity contribution in [3.05, 3.63) is 16.0 Å². The average Bonchev–Trinajstić information content (AvgIpc) is 3.04. The lowest BCUT2D eigenvalue weighted by Gasteiger charge is -2.28. The van der Waals surface area contributed by atoms with Crippen LogP contribution in [0.5, 0.6) is 0 Å². The molecule has 1 atom stereocenters. The predicted octanol–water partition coefficient (Wildman–Crippen LogP) is 2.93. The average molecular weight is 409 g/mol. The molecule has 28 heavy (non-hydrogen) atoms. The minimum Gasteiger partial charge on any atom is -0.480 e. The third-order valence-electron chi connectivity index (χ3n) is 5.51. The molecule has 0 bridgehead atoms. The van der Waals surface area contributed by atoms with E-state index in [4.69, 9.17) is 9.84 Å². The first-order valence-corrected chi connectivity index (χ1v) is 10.8. The van der Waals surface area contributed by atoms with Crippen molar-refractivity contribution in [3.63, 3.8) is 0 Å². The van der Waals surface area contributed by atoms with E-state index < -0.39 is 18.5 Å². The van der Waals surface area contributed by atoms with Crippen LogP contribution in [0, 0.1) is 5.92 Å². The number of likely N-dealkylation sites (tertiary alicyclic amines) is 1. The van der Waals surface area contributed by atoms with Crippen LogP contribution < -0.4 is 5.32 Å². The Balaban J connectivity index is 1.81. The molecular formula is C20H28N2O5S. The summed E-state index contributed by atoms with van der Waals surface area (Å²) in [5.74, 6) is -0.925. The van der Waals surface area contributed by atoms with E-state index in [0.29, 0.717) is 16.5 Å². The molecule has 0 saturated carbocycles. The molecule has 0 radical (unpaired) electrons. The van der Waals surface area contributed by atoms with Crippen molar-refractivity contribution in [3.8, 4) is 0 Å². The zero-order valence-corrected chi connectivity index (χ0v) is 17.1. The van der Waals surface area contributed by atoms with E-state index in [1.165, 1.54) is 16.2 Å². The summed E-state index contributed by atoms with van der Waals surface area (Å²) in [6.45, 7) is 2.84. The molecule has 2 aliphatic rings. The zero-order valence-electron chi connectivity index (χ0n) is 16.3. The van der Waals surface area contributed by atoms with Gasteiger partial charge >= 0.3 is 5.97 Å². The van der Waals surface area contributed by atoms with E-state index in [0.717, 1.165) is 63.6 Å². The minimum atomic E-state index is -1.12. The molecule has 3 rings (SSSR count). The molecule has 0 spiro atoms. The Hall–Kier alpha value is -1.93. The first kappa shape index (κ1) is 20.8. The van der Waals surface area contributed by atoms with E-state index in [-0.39, 0.29) is 12.5 Å². The summed E-state index contributed by atoms with van der Waals surface area (Å²) in [5, 5.41) is 12.0. The van der Waals surface area contributed by atoms with Gasteiger partial charge in [-0.1, -0.05) is 13.3 Å². The molecule has 7 nitrogen and oxygen atoms in total. The SMILES string of the molecule is CC[C@@H]1CCc2c(sc(NC(=O)COCC(=O)O)c2C(=O)N2CCCCC2)C1. The summed E-state index contributed by atoms with van der Waals surface area (Å²) in [4.78, 5) is 39.1. The highest BCUT2D eigenvalue weighted by Crippen LogP contribution is 2.41. The standard InChI is InChI=1S/C20H28N2O5S/c1-2-13-6-7-14-15(10-13)28-19(21-16(23)11-27-12-17(24)25)18(14)20(26)22-8-4-3-5-9-22/h13H,2-12H2,1H3,(H,21,23)(H,24,25)/t13-/m1/s1. The van der Waals surface area contributed by atoms with Gasteiger partial charge in [-0.25, -0.2) is 4.79 Å². The summed E-state index contributed by atoms with van der Waals surface area (Å²) < 4.78 is 4.88. The van der Waals surface area contributed by atoms with Gasteiger partial charge in [-0.05, 0) is 50.0 Å². The van der Waals surface area contributed by atoms with Gasteiger partial charge in [0.05, 0.1) is 5.56 Å². The smallest absolute Gasteiger partial charge is 0.329 e. The first-order valence-electron chi connectivity index (χ1n) is 10.0. The van der Waals surface area contributed by atoms with Crippen molar-refractivity contribution in [2.24, 2.45) is 5.92 Å². The van der Waals surface area contributed by atoms with Crippen LogP contribution in [0.15, 0.2) is 0 Å². The van der Waals surface area contributed by atoms with Gasteiger partial charge in [0, 0.05) is 18.0 Å². The number of hydrogen-bond donors (Lipinski definition) is 2. The van der Waals surface area contributed by atoms with E-state index >= 15 is 0 Å². The number of thiophene rings is 1. The summed E-state index contributed by atoms with van der Waals surface area (Å²) in [6.07, 6.45) is 7.16. The van der Waals surface area contributed by atoms with Crippen molar-refractivity contribution < 1.29 is 24.2 Å². The molecule has 1 aliphatic heterocycles. The van der Waals surface area contributed by atoms with E-state index in [1.54, 1.807) is 0 Å². The topological polar surface area (TPSA) is 95.9 Å². The lowest BCUT2D eigenvalue weighted by Crippen LogP contribution is -2.36. The van der Waals surface area contributed by atoms with E-state index in [9.17, 15) is 14.4 Å². The van der Waals surface area contributed by atoms with Crippen molar-refractivity contribution in [1.82, 2.24) is 4.90 Å². The molecule has 8 heteroatoms. The number of fused-ring (bicyclic) bond motifs is 1. The second-order valence-electron chi connectivity index (χ2n) is 7.51. The van der Waals surface area contributed by atoms with Crippen LogP contribution in [-0.4, -0.2) is 54.1 Å². The van der Waals surface area contributed by atoms with Crippen molar-refractivity contribution in [2.75, 3.05) is 31.6 Å². The quantitative estimate of drug-likeness (QED) is 0.723. The maximum atomic E-state index is 13.3. The van der Waals surface area contributed by atoms with Crippen LogP contribution in [0.3, 0.4) is 0 Å². The largest absolute Gasteiger partial charge is 0.480 e. The summed E-state index contributed by atoms with van der Waals surface area (Å²) >= 11 is 1.49. The number of nitrogens with zero attached hydrogens (tertiary/aromatic N) is 1. The first-order chi connectivity index (χ1) is 13.5. The molecule has 1 aromatic heterocycles. The number of aliphatic carboxylic acids is 1. The Bertz CT molecular complexity index is 739. The van der Waals surface area contributed by atoms with Gasteiger partial charge in [-0.3, -0.25) is 9.59 Å². The molecule has 0 aromatic carbocycles. The molecule has 0 unspecified atom stereocenters. The fourth-order valence-corrected chi connectivity index (χ4v) is 5.34. The number of carbonyl (C=O) groups is 3. The van der Waals surface area contributed by atoms with Crippen LogP contribution in [0.1, 0.15) is 59.8 Å². The monoisotopic (exact) mass is 408 g/mol. The number of carbonyl (C=O) groups excluding carboxylic acids is 2. The van der Waals surface area contributed by atoms with Gasteiger partial charge < -0.3 is 20.1 Å². The number of piperidine rings is 1. The van der Waals surface area contributed by atoms with Crippen molar-refractivity contribution in [1.29, 1.82) is 0 Å². The molecular weight excluding hydrogens is 380 g/mol. The minimum absolute atomic E-state index is 0.00824. The van der Waals surface area contributed by atoms with Crippen LogP contribution in [0.4, 0.5) is 5.00 Å². The zero-order chi connectivity index (χ0) is 20.1. The number of rotatable bonds is 7. The maximum absolute atomic E-state index is 13.3. The number of anilines is 1. The number of amides is 2. The van der Waals surface area contributed by atoms with Crippen LogP contribution in [0.2, 0.25) is 0 Å². The fraction of sp³-hybridized carbons (Fsp3) is 0.650. The molecule has 1 aromatic rings. The Morgan fingerprint density at radius 2 is 1.96 bits per heavy atom. The Labute approximate surface area is 169 Å². The van der Waals surface area contributed by atoms with Gasteiger partial charge in [-0.2, -0.15) is 0 Å². The summed E-state index contributed by atoms with van der Waals surface area (Å²) in [7, 11) is 0. The highest BCUT2D eigenvalue weighted by Gasteiger charge is 2.31. The number of carboxylic acid groups (broad SMARTS) is 1. The third kappa shape index (κ3) is 4.91. The van der Waals surface area contributed by atoms with E-state index in [1.807, 2.05) is 4.90 Å². The second-order valence-corrected chi connectivity index (χ2v) is 8.62. The normalized spacial score (nSPS) is 19.2. The van der Waals surface area contributed by atoms with Crippen molar-refractivity contribution in [2.45, 2.75) is 51.9 Å². The molecule has 1 fully saturated rings. The highest BCUT2D eigenvalue weighted by molar-refractivity contribution is 7.17. The molecule has 1 aliphatic carbocycles.